The molecule has 1 aromatic carbocycles. The van der Waals surface area contributed by atoms with Crippen LogP contribution in [0, 0.1) is 5.92 Å². The van der Waals surface area contributed by atoms with Crippen molar-refractivity contribution in [1.82, 2.24) is 0 Å². The van der Waals surface area contributed by atoms with E-state index in [-0.39, 0.29) is 24.4 Å². The molecule has 0 fully saturated rings. The molecule has 0 saturated carbocycles. The van der Waals surface area contributed by atoms with Gasteiger partial charge >= 0.3 is 5.97 Å². The van der Waals surface area contributed by atoms with Gasteiger partial charge in [0.15, 0.2) is 6.61 Å². The predicted octanol–water partition coefficient (Wildman–Crippen LogP) is 3.33. The van der Waals surface area contributed by atoms with Gasteiger partial charge in [-0.3, -0.25) is 9.59 Å². The van der Waals surface area contributed by atoms with Gasteiger partial charge in [0.1, 0.15) is 0 Å². The zero-order valence-corrected chi connectivity index (χ0v) is 13.0. The predicted molar refractivity (Wildman–Crippen MR) is 81.9 cm³/mol. The molecular formula is C15H21NO3S. The van der Waals surface area contributed by atoms with Gasteiger partial charge in [-0.05, 0) is 31.2 Å². The van der Waals surface area contributed by atoms with Crippen molar-refractivity contribution in [2.75, 3.05) is 18.2 Å². The van der Waals surface area contributed by atoms with Crippen LogP contribution in [0.3, 0.4) is 0 Å². The summed E-state index contributed by atoms with van der Waals surface area (Å²) in [5.41, 5.74) is 0.739. The zero-order chi connectivity index (χ0) is 15.0. The molecule has 1 N–H and O–H groups in total. The number of ether oxygens (including phenoxy) is 1. The summed E-state index contributed by atoms with van der Waals surface area (Å²) in [5.74, 6) is -0.740. The maximum atomic E-state index is 11.8. The highest BCUT2D eigenvalue weighted by Crippen LogP contribution is 2.24. The first-order valence-corrected chi connectivity index (χ1v) is 7.94. The normalized spacial score (nSPS) is 10.4. The van der Waals surface area contributed by atoms with E-state index in [2.05, 4.69) is 5.32 Å². The van der Waals surface area contributed by atoms with Gasteiger partial charge in [0.05, 0.1) is 11.6 Å². The fourth-order valence-electron chi connectivity index (χ4n) is 1.81. The van der Waals surface area contributed by atoms with E-state index >= 15 is 0 Å². The van der Waals surface area contributed by atoms with Crippen LogP contribution in [-0.4, -0.2) is 24.7 Å². The molecule has 110 valence electrons. The molecule has 20 heavy (non-hydrogen) atoms. The molecule has 0 heterocycles. The van der Waals surface area contributed by atoms with Crippen LogP contribution in [-0.2, 0) is 14.3 Å². The topological polar surface area (TPSA) is 55.4 Å². The molecule has 0 unspecified atom stereocenters. The quantitative estimate of drug-likeness (QED) is 0.619. The molecule has 5 heteroatoms. The molecule has 1 aromatic rings. The van der Waals surface area contributed by atoms with Crippen LogP contribution in [0.1, 0.15) is 26.7 Å². The smallest absolute Gasteiger partial charge is 0.309 e. The first kappa shape index (κ1) is 16.6. The molecule has 0 spiro atoms. The van der Waals surface area contributed by atoms with Crippen LogP contribution in [0.15, 0.2) is 29.2 Å². The number of nitrogens with one attached hydrogen (secondary N) is 1. The Balaban J connectivity index is 2.50. The number of anilines is 1. The van der Waals surface area contributed by atoms with E-state index in [0.29, 0.717) is 0 Å². The van der Waals surface area contributed by atoms with Gasteiger partial charge in [-0.1, -0.05) is 26.0 Å². The van der Waals surface area contributed by atoms with E-state index in [1.807, 2.05) is 44.4 Å². The third-order valence-electron chi connectivity index (χ3n) is 3.05. The lowest BCUT2D eigenvalue weighted by Gasteiger charge is -2.12. The molecule has 0 radical (unpaired) electrons. The summed E-state index contributed by atoms with van der Waals surface area (Å²) < 4.78 is 5.04. The summed E-state index contributed by atoms with van der Waals surface area (Å²) >= 11 is 1.55. The molecule has 0 atom stereocenters. The van der Waals surface area contributed by atoms with Crippen molar-refractivity contribution in [3.63, 3.8) is 0 Å². The number of hydrogen-bond acceptors (Lipinski definition) is 4. The summed E-state index contributed by atoms with van der Waals surface area (Å²) in [6.45, 7) is 3.63. The standard InChI is InChI=1S/C15H21NO3S/c1-4-11(5-2)15(18)19-10-14(17)16-12-8-6-7-9-13(12)20-3/h6-9,11H,4-5,10H2,1-3H3,(H,16,17). The summed E-state index contributed by atoms with van der Waals surface area (Å²) in [6, 6.07) is 7.52. The minimum absolute atomic E-state index is 0.124. The van der Waals surface area contributed by atoms with E-state index in [1.165, 1.54) is 0 Å². The minimum atomic E-state index is -0.314. The highest BCUT2D eigenvalue weighted by Gasteiger charge is 2.17. The maximum absolute atomic E-state index is 11.8. The molecule has 0 aromatic heterocycles. The third-order valence-corrected chi connectivity index (χ3v) is 3.84. The van der Waals surface area contributed by atoms with Gasteiger partial charge in [0.2, 0.25) is 0 Å². The SMILES string of the molecule is CCC(CC)C(=O)OCC(=O)Nc1ccccc1SC. The number of amides is 1. The molecule has 0 aliphatic rings. The number of para-hydroxylation sites is 1. The third kappa shape index (κ3) is 4.89. The Kier molecular flexibility index (Phi) is 7.15. The molecular weight excluding hydrogens is 274 g/mol. The van der Waals surface area contributed by atoms with Crippen LogP contribution in [0.25, 0.3) is 0 Å². The molecule has 1 amide bonds. The molecule has 4 nitrogen and oxygen atoms in total. The fraction of sp³-hybridized carbons (Fsp3) is 0.467. The number of carbonyl (C=O) groups excluding carboxylic acids is 2. The van der Waals surface area contributed by atoms with Crippen molar-refractivity contribution in [3.8, 4) is 0 Å². The summed E-state index contributed by atoms with van der Waals surface area (Å²) in [7, 11) is 0. The summed E-state index contributed by atoms with van der Waals surface area (Å²) in [4.78, 5) is 24.4. The van der Waals surface area contributed by atoms with E-state index in [1.54, 1.807) is 11.8 Å². The first-order valence-electron chi connectivity index (χ1n) is 6.71. The van der Waals surface area contributed by atoms with Gasteiger partial charge in [-0.2, -0.15) is 0 Å². The Morgan fingerprint density at radius 2 is 1.90 bits per heavy atom. The molecule has 0 aliphatic carbocycles. The van der Waals surface area contributed by atoms with Crippen molar-refractivity contribution >= 4 is 29.3 Å². The average molecular weight is 295 g/mol. The van der Waals surface area contributed by atoms with E-state index in [9.17, 15) is 9.59 Å². The largest absolute Gasteiger partial charge is 0.455 e. The number of benzene rings is 1. The summed E-state index contributed by atoms with van der Waals surface area (Å²) in [5, 5.41) is 2.75. The van der Waals surface area contributed by atoms with Crippen LogP contribution < -0.4 is 5.32 Å². The first-order chi connectivity index (χ1) is 9.62. The maximum Gasteiger partial charge on any atom is 0.309 e. The van der Waals surface area contributed by atoms with Crippen molar-refractivity contribution < 1.29 is 14.3 Å². The van der Waals surface area contributed by atoms with Crippen LogP contribution in [0.2, 0.25) is 0 Å². The Morgan fingerprint density at radius 1 is 1.25 bits per heavy atom. The molecule has 0 bridgehead atoms. The summed E-state index contributed by atoms with van der Waals surface area (Å²) in [6.07, 6.45) is 3.40. The zero-order valence-electron chi connectivity index (χ0n) is 12.1. The molecule has 0 aliphatic heterocycles. The van der Waals surface area contributed by atoms with E-state index in [0.717, 1.165) is 23.4 Å². The van der Waals surface area contributed by atoms with Crippen LogP contribution >= 0.6 is 11.8 Å². The molecule has 1 rings (SSSR count). The van der Waals surface area contributed by atoms with E-state index < -0.39 is 0 Å². The Bertz CT molecular complexity index is 458. The van der Waals surface area contributed by atoms with Gasteiger partial charge in [0.25, 0.3) is 5.91 Å². The minimum Gasteiger partial charge on any atom is -0.455 e. The van der Waals surface area contributed by atoms with Crippen molar-refractivity contribution in [2.45, 2.75) is 31.6 Å². The lowest BCUT2D eigenvalue weighted by atomic mass is 10.0. The van der Waals surface area contributed by atoms with E-state index in [4.69, 9.17) is 4.74 Å². The second-order valence-electron chi connectivity index (χ2n) is 4.37. The monoisotopic (exact) mass is 295 g/mol. The number of esters is 1. The van der Waals surface area contributed by atoms with Crippen LogP contribution in [0.4, 0.5) is 5.69 Å². The van der Waals surface area contributed by atoms with Crippen molar-refractivity contribution in [2.24, 2.45) is 5.92 Å². The van der Waals surface area contributed by atoms with Gasteiger partial charge in [-0.15, -0.1) is 11.8 Å². The fourth-order valence-corrected chi connectivity index (χ4v) is 2.36. The highest BCUT2D eigenvalue weighted by molar-refractivity contribution is 7.98. The molecule has 0 saturated heterocycles. The lowest BCUT2D eigenvalue weighted by molar-refractivity contribution is -0.151. The van der Waals surface area contributed by atoms with Gasteiger partial charge in [0, 0.05) is 4.90 Å². The highest BCUT2D eigenvalue weighted by atomic mass is 32.2. The Hall–Kier alpha value is -1.49. The number of hydrogen-bond donors (Lipinski definition) is 1. The number of rotatable bonds is 7. The van der Waals surface area contributed by atoms with Gasteiger partial charge in [-0.25, -0.2) is 0 Å². The number of thioether (sulfide) groups is 1. The second kappa shape index (κ2) is 8.64. The number of carbonyl (C=O) groups is 2. The second-order valence-corrected chi connectivity index (χ2v) is 5.22. The van der Waals surface area contributed by atoms with Crippen LogP contribution in [0.5, 0.6) is 0 Å². The van der Waals surface area contributed by atoms with Gasteiger partial charge < -0.3 is 10.1 Å². The lowest BCUT2D eigenvalue weighted by Crippen LogP contribution is -2.24. The average Bonchev–Trinajstić information content (AvgIpc) is 2.47. The Labute approximate surface area is 124 Å². The Morgan fingerprint density at radius 3 is 2.50 bits per heavy atom. The van der Waals surface area contributed by atoms with Crippen molar-refractivity contribution in [1.29, 1.82) is 0 Å². The van der Waals surface area contributed by atoms with Crippen molar-refractivity contribution in [3.05, 3.63) is 24.3 Å².